The minimum absolute atomic E-state index is 0.0740. The lowest BCUT2D eigenvalue weighted by atomic mass is 9.49. The highest BCUT2D eigenvalue weighted by Crippen LogP contribution is 2.65. The zero-order valence-corrected chi connectivity index (χ0v) is 31.5. The Morgan fingerprint density at radius 2 is 1.60 bits per heavy atom. The van der Waals surface area contributed by atoms with Crippen LogP contribution in [0.25, 0.3) is 0 Å². The number of nitrogens with zero attached hydrogens (tertiary/aromatic N) is 2. The van der Waals surface area contributed by atoms with E-state index in [1.807, 2.05) is 6.08 Å². The van der Waals surface area contributed by atoms with Gasteiger partial charge in [0.1, 0.15) is 5.75 Å². The Hall–Kier alpha value is -4.84. The van der Waals surface area contributed by atoms with Gasteiger partial charge in [-0.15, -0.1) is 0 Å². The number of carbonyl (C=O) groups is 4. The second-order valence-corrected chi connectivity index (χ2v) is 15.4. The van der Waals surface area contributed by atoms with Gasteiger partial charge >= 0.3 is 0 Å². The molecular formula is C40H32BrCl2N3O7. The Bertz CT molecular complexity index is 2230. The van der Waals surface area contributed by atoms with Crippen molar-refractivity contribution in [3.05, 3.63) is 122 Å². The van der Waals surface area contributed by atoms with Gasteiger partial charge < -0.3 is 14.6 Å². The number of amides is 4. The van der Waals surface area contributed by atoms with Crippen LogP contribution in [0.1, 0.15) is 29.9 Å². The third kappa shape index (κ3) is 5.26. The Balaban J connectivity index is 1.35. The molecule has 2 aliphatic heterocycles. The Morgan fingerprint density at radius 3 is 2.28 bits per heavy atom. The zero-order chi connectivity index (χ0) is 37.3. The molecule has 0 radical (unpaired) electrons. The molecular weight excluding hydrogens is 785 g/mol. The summed E-state index contributed by atoms with van der Waals surface area (Å²) >= 11 is 16.1. The van der Waals surface area contributed by atoms with E-state index in [4.69, 9.17) is 32.7 Å². The summed E-state index contributed by atoms with van der Waals surface area (Å²) in [7, 11) is 2.96. The summed E-state index contributed by atoms with van der Waals surface area (Å²) in [6.07, 6.45) is 2.23. The van der Waals surface area contributed by atoms with E-state index in [1.54, 1.807) is 78.9 Å². The minimum Gasteiger partial charge on any atom is -0.504 e. The molecule has 13 heteroatoms. The fourth-order valence-electron chi connectivity index (χ4n) is 8.97. The lowest BCUT2D eigenvalue weighted by Gasteiger charge is -2.50. The third-order valence-electron chi connectivity index (χ3n) is 11.2. The van der Waals surface area contributed by atoms with Crippen molar-refractivity contribution in [2.24, 2.45) is 23.7 Å². The molecule has 2 saturated heterocycles. The first kappa shape index (κ1) is 35.2. The van der Waals surface area contributed by atoms with Crippen molar-refractivity contribution in [2.45, 2.75) is 24.2 Å². The van der Waals surface area contributed by atoms with Gasteiger partial charge in [0.05, 0.1) is 53.8 Å². The molecule has 3 fully saturated rings. The molecule has 53 heavy (non-hydrogen) atoms. The molecule has 0 aromatic heterocycles. The molecule has 8 rings (SSSR count). The number of para-hydroxylation sites is 1. The van der Waals surface area contributed by atoms with Crippen LogP contribution in [0.5, 0.6) is 17.2 Å². The molecule has 0 unspecified atom stereocenters. The quantitative estimate of drug-likeness (QED) is 0.144. The number of rotatable bonds is 7. The van der Waals surface area contributed by atoms with Crippen molar-refractivity contribution < 1.29 is 33.8 Å². The predicted molar refractivity (Wildman–Crippen MR) is 202 cm³/mol. The summed E-state index contributed by atoms with van der Waals surface area (Å²) in [6.45, 7) is 0. The second kappa shape index (κ2) is 13.2. The van der Waals surface area contributed by atoms with Crippen LogP contribution in [-0.2, 0) is 24.6 Å². The number of halogens is 3. The van der Waals surface area contributed by atoms with Gasteiger partial charge in [0.25, 0.3) is 11.8 Å². The Kier molecular flexibility index (Phi) is 8.79. The van der Waals surface area contributed by atoms with Crippen LogP contribution < -0.4 is 19.8 Å². The molecule has 270 valence electrons. The van der Waals surface area contributed by atoms with Crippen molar-refractivity contribution in [3.63, 3.8) is 0 Å². The number of methoxy groups -OCH3 is 2. The normalized spacial score (nSPS) is 26.2. The first-order valence-corrected chi connectivity index (χ1v) is 18.5. The Labute approximate surface area is 323 Å². The summed E-state index contributed by atoms with van der Waals surface area (Å²) in [5, 5.41) is 13.4. The number of allylic oxidation sites excluding steroid dienone is 2. The maximum atomic E-state index is 15.4. The standard InChI is InChI=1S/C40H32BrCl2N3O7/c1-52-24-13-6-20(7-14-24)40-29(37(49)46(39(40)51)44-31-17-10-22(42)18-30(31)43)19-28-25(34(40)27-4-3-5-32(53-2)35(27)47)15-16-26-33(28)38(50)45(36(26)48)23-11-8-21(41)9-12-23/h3-15,17-18,26,28-29,33-34,44,47H,16,19H2,1-2H3/t26-,28+,29-,33-,34+,40+/m0/s1. The maximum absolute atomic E-state index is 15.4. The van der Waals surface area contributed by atoms with E-state index in [1.165, 1.54) is 25.2 Å². The third-order valence-corrected chi connectivity index (χ3v) is 12.3. The predicted octanol–water partition coefficient (Wildman–Crippen LogP) is 7.67. The number of hydrazine groups is 1. The fourth-order valence-corrected chi connectivity index (χ4v) is 9.68. The van der Waals surface area contributed by atoms with Crippen LogP contribution in [0, 0.1) is 23.7 Å². The molecule has 4 aromatic carbocycles. The van der Waals surface area contributed by atoms with Gasteiger partial charge in [-0.1, -0.05) is 75.0 Å². The van der Waals surface area contributed by atoms with Crippen molar-refractivity contribution in [3.8, 4) is 17.2 Å². The molecule has 4 amide bonds. The summed E-state index contributed by atoms with van der Waals surface area (Å²) in [5.74, 6) is -5.45. The van der Waals surface area contributed by atoms with E-state index < -0.39 is 46.8 Å². The minimum atomic E-state index is -1.63. The highest BCUT2D eigenvalue weighted by Gasteiger charge is 2.70. The summed E-state index contributed by atoms with van der Waals surface area (Å²) in [5.41, 5.74) is 3.61. The first-order valence-electron chi connectivity index (χ1n) is 16.9. The average molecular weight is 818 g/mol. The number of phenols is 1. The van der Waals surface area contributed by atoms with Gasteiger partial charge in [-0.3, -0.25) is 29.5 Å². The van der Waals surface area contributed by atoms with Crippen LogP contribution in [0.15, 0.2) is 101 Å². The van der Waals surface area contributed by atoms with Crippen LogP contribution >= 0.6 is 39.1 Å². The van der Waals surface area contributed by atoms with Gasteiger partial charge in [-0.25, -0.2) is 0 Å². The number of imide groups is 2. The Morgan fingerprint density at radius 1 is 0.868 bits per heavy atom. The number of aromatic hydroxyl groups is 1. The largest absolute Gasteiger partial charge is 0.504 e. The van der Waals surface area contributed by atoms with Gasteiger partial charge in [-0.2, -0.15) is 5.01 Å². The summed E-state index contributed by atoms with van der Waals surface area (Å²) in [6, 6.07) is 23.6. The highest BCUT2D eigenvalue weighted by molar-refractivity contribution is 9.10. The number of anilines is 2. The number of hydrogen-bond acceptors (Lipinski definition) is 8. The van der Waals surface area contributed by atoms with E-state index in [0.717, 1.165) is 9.48 Å². The van der Waals surface area contributed by atoms with Gasteiger partial charge in [0.2, 0.25) is 11.8 Å². The van der Waals surface area contributed by atoms with E-state index in [9.17, 15) is 19.5 Å². The molecule has 2 N–H and O–H groups in total. The highest BCUT2D eigenvalue weighted by atomic mass is 79.9. The first-order chi connectivity index (χ1) is 25.5. The van der Waals surface area contributed by atoms with E-state index in [0.29, 0.717) is 33.2 Å². The number of phenolic OH excluding ortho intramolecular Hbond substituents is 1. The molecule has 2 aliphatic carbocycles. The second-order valence-electron chi connectivity index (χ2n) is 13.6. The van der Waals surface area contributed by atoms with Gasteiger partial charge in [-0.05, 0) is 85.0 Å². The number of carbonyl (C=O) groups excluding carboxylic acids is 4. The molecule has 0 bridgehead atoms. The lowest BCUT2D eigenvalue weighted by Crippen LogP contribution is -2.53. The fraction of sp³-hybridized carbons (Fsp3) is 0.250. The van der Waals surface area contributed by atoms with Crippen LogP contribution in [0.2, 0.25) is 10.0 Å². The molecule has 4 aliphatic rings. The van der Waals surface area contributed by atoms with Crippen LogP contribution in [-0.4, -0.2) is 48.0 Å². The number of hydrogen-bond donors (Lipinski definition) is 2. The van der Waals surface area contributed by atoms with Gasteiger partial charge in [0.15, 0.2) is 11.5 Å². The molecule has 6 atom stereocenters. The van der Waals surface area contributed by atoms with Crippen molar-refractivity contribution in [1.82, 2.24) is 5.01 Å². The molecule has 0 spiro atoms. The number of ether oxygens (including phenoxy) is 2. The average Bonchev–Trinajstić information content (AvgIpc) is 3.54. The summed E-state index contributed by atoms with van der Waals surface area (Å²) < 4.78 is 11.8. The van der Waals surface area contributed by atoms with Crippen molar-refractivity contribution in [1.29, 1.82) is 0 Å². The smallest absolute Gasteiger partial charge is 0.260 e. The lowest BCUT2D eigenvalue weighted by molar-refractivity contribution is -0.138. The number of benzene rings is 4. The van der Waals surface area contributed by atoms with E-state index in [-0.39, 0.29) is 46.9 Å². The summed E-state index contributed by atoms with van der Waals surface area (Å²) in [4.78, 5) is 60.1. The molecule has 10 nitrogen and oxygen atoms in total. The number of nitrogens with one attached hydrogen (secondary N) is 1. The van der Waals surface area contributed by atoms with E-state index >= 15 is 4.79 Å². The maximum Gasteiger partial charge on any atom is 0.260 e. The monoisotopic (exact) mass is 815 g/mol. The van der Waals surface area contributed by atoms with Gasteiger partial charge in [0, 0.05) is 21.0 Å². The molecule has 2 heterocycles. The van der Waals surface area contributed by atoms with E-state index in [2.05, 4.69) is 21.4 Å². The zero-order valence-electron chi connectivity index (χ0n) is 28.4. The van der Waals surface area contributed by atoms with Crippen molar-refractivity contribution >= 4 is 74.1 Å². The molecule has 1 saturated carbocycles. The van der Waals surface area contributed by atoms with Crippen molar-refractivity contribution in [2.75, 3.05) is 24.5 Å². The number of fused-ring (bicyclic) bond motifs is 4. The molecule has 4 aromatic rings. The SMILES string of the molecule is COc1ccc([C@@]23C(=O)N(Nc4ccc(Cl)cc4Cl)C(=O)[C@@H]2C[C@@H]2C(=CC[C@@H]4C(=O)N(c5ccc(Br)cc5)C(=O)[C@@H]42)[C@@H]3c2cccc(OC)c2O)cc1. The van der Waals surface area contributed by atoms with Crippen LogP contribution in [0.3, 0.4) is 0 Å². The van der Waals surface area contributed by atoms with Crippen LogP contribution in [0.4, 0.5) is 11.4 Å². The topological polar surface area (TPSA) is 125 Å².